The molecule has 0 aliphatic carbocycles. The van der Waals surface area contributed by atoms with Crippen molar-refractivity contribution in [2.75, 3.05) is 13.7 Å². The number of nitro groups is 1. The third-order valence-electron chi connectivity index (χ3n) is 3.99. The molecule has 1 saturated heterocycles. The number of nitrogens with zero attached hydrogens (tertiary/aromatic N) is 2. The summed E-state index contributed by atoms with van der Waals surface area (Å²) >= 11 is 0.756. The summed E-state index contributed by atoms with van der Waals surface area (Å²) in [5.74, 6) is -0.372. The van der Waals surface area contributed by atoms with Gasteiger partial charge in [0.05, 0.1) is 23.5 Å². The minimum Gasteiger partial charge on any atom is -0.497 e. The summed E-state index contributed by atoms with van der Waals surface area (Å²) < 4.78 is 5.07. The maximum atomic E-state index is 12.5. The molecule has 8 nitrogen and oxygen atoms in total. The molecule has 0 N–H and O–H groups in total. The number of methoxy groups -OCH3 is 1. The Bertz CT molecular complexity index is 982. The van der Waals surface area contributed by atoms with Crippen molar-refractivity contribution in [1.29, 1.82) is 0 Å². The Hall–Kier alpha value is -3.46. The van der Waals surface area contributed by atoms with Gasteiger partial charge < -0.3 is 4.74 Å². The third-order valence-corrected chi connectivity index (χ3v) is 4.90. The molecule has 0 radical (unpaired) electrons. The van der Waals surface area contributed by atoms with Crippen molar-refractivity contribution < 1.29 is 24.0 Å². The van der Waals surface area contributed by atoms with Crippen LogP contribution >= 0.6 is 11.8 Å². The van der Waals surface area contributed by atoms with Gasteiger partial charge in [0.15, 0.2) is 5.78 Å². The fraction of sp³-hybridized carbons (Fsp3) is 0.105. The number of thioether (sulfide) groups is 1. The van der Waals surface area contributed by atoms with Crippen LogP contribution in [0.15, 0.2) is 53.4 Å². The highest BCUT2D eigenvalue weighted by atomic mass is 32.2. The molecule has 1 aliphatic rings. The van der Waals surface area contributed by atoms with E-state index in [2.05, 4.69) is 0 Å². The number of Topliss-reactive ketones (excluding diaryl/α,β-unsaturated/α-hetero) is 1. The zero-order chi connectivity index (χ0) is 20.3. The predicted molar refractivity (Wildman–Crippen MR) is 103 cm³/mol. The first kappa shape index (κ1) is 19.3. The van der Waals surface area contributed by atoms with Crippen LogP contribution in [0.4, 0.5) is 10.5 Å². The van der Waals surface area contributed by atoms with E-state index in [0.717, 1.165) is 16.7 Å². The normalized spacial score (nSPS) is 15.2. The lowest BCUT2D eigenvalue weighted by Crippen LogP contribution is -2.33. The second-order valence-electron chi connectivity index (χ2n) is 5.77. The first-order valence-corrected chi connectivity index (χ1v) is 8.88. The van der Waals surface area contributed by atoms with Gasteiger partial charge in [0.25, 0.3) is 16.8 Å². The second-order valence-corrected chi connectivity index (χ2v) is 6.76. The molecule has 2 aromatic carbocycles. The molecule has 28 heavy (non-hydrogen) atoms. The Morgan fingerprint density at radius 3 is 2.36 bits per heavy atom. The number of nitro benzene ring substituents is 1. The fourth-order valence-electron chi connectivity index (χ4n) is 2.49. The van der Waals surface area contributed by atoms with Gasteiger partial charge in [0.1, 0.15) is 5.75 Å². The molecule has 0 spiro atoms. The highest BCUT2D eigenvalue weighted by Crippen LogP contribution is 2.32. The summed E-state index contributed by atoms with van der Waals surface area (Å²) in [6.45, 7) is -0.428. The van der Waals surface area contributed by atoms with Crippen LogP contribution in [0.5, 0.6) is 5.75 Å². The molecule has 1 fully saturated rings. The number of ketones is 1. The summed E-state index contributed by atoms with van der Waals surface area (Å²) in [5.41, 5.74) is 0.752. The Labute approximate surface area is 163 Å². The lowest BCUT2D eigenvalue weighted by atomic mass is 10.1. The standard InChI is InChI=1S/C19H14N2O6S/c1-27-15-8-2-12(3-9-15)10-17-18(23)20(19(24)28-17)11-16(22)13-4-6-14(7-5-13)21(25)26/h2-10H,11H2,1H3/b17-10-. The lowest BCUT2D eigenvalue weighted by Gasteiger charge is -2.11. The molecule has 1 aliphatic heterocycles. The molecule has 0 atom stereocenters. The van der Waals surface area contributed by atoms with Gasteiger partial charge in [-0.3, -0.25) is 29.4 Å². The van der Waals surface area contributed by atoms with Crippen molar-refractivity contribution in [3.63, 3.8) is 0 Å². The first-order chi connectivity index (χ1) is 13.4. The van der Waals surface area contributed by atoms with Crippen molar-refractivity contribution in [3.05, 3.63) is 74.7 Å². The lowest BCUT2D eigenvalue weighted by molar-refractivity contribution is -0.384. The highest BCUT2D eigenvalue weighted by molar-refractivity contribution is 8.18. The van der Waals surface area contributed by atoms with Gasteiger partial charge in [0, 0.05) is 17.7 Å². The maximum absolute atomic E-state index is 12.5. The molecular weight excluding hydrogens is 384 g/mol. The topological polar surface area (TPSA) is 107 Å². The van der Waals surface area contributed by atoms with E-state index in [1.165, 1.54) is 24.3 Å². The number of benzene rings is 2. The van der Waals surface area contributed by atoms with Crippen LogP contribution in [-0.2, 0) is 4.79 Å². The van der Waals surface area contributed by atoms with Crippen LogP contribution in [0, 0.1) is 10.1 Å². The Balaban J connectivity index is 1.73. The van der Waals surface area contributed by atoms with Gasteiger partial charge in [-0.2, -0.15) is 0 Å². The molecule has 0 unspecified atom stereocenters. The largest absolute Gasteiger partial charge is 0.497 e. The van der Waals surface area contributed by atoms with Gasteiger partial charge in [-0.15, -0.1) is 0 Å². The number of carbonyl (C=O) groups excluding carboxylic acids is 3. The maximum Gasteiger partial charge on any atom is 0.293 e. The second kappa shape index (κ2) is 8.05. The Kier molecular flexibility index (Phi) is 5.55. The van der Waals surface area contributed by atoms with E-state index < -0.39 is 28.4 Å². The Morgan fingerprint density at radius 2 is 1.79 bits per heavy atom. The SMILES string of the molecule is COc1ccc(/C=C2\SC(=O)N(CC(=O)c3ccc([N+](=O)[O-])cc3)C2=O)cc1. The van der Waals surface area contributed by atoms with Crippen LogP contribution in [0.25, 0.3) is 6.08 Å². The Morgan fingerprint density at radius 1 is 1.14 bits per heavy atom. The van der Waals surface area contributed by atoms with Crippen molar-refractivity contribution in [2.45, 2.75) is 0 Å². The first-order valence-electron chi connectivity index (χ1n) is 8.06. The molecule has 0 aromatic heterocycles. The summed E-state index contributed by atoms with van der Waals surface area (Å²) in [6, 6.07) is 11.9. The number of carbonyl (C=O) groups is 3. The molecule has 2 amide bonds. The van der Waals surface area contributed by atoms with Crippen molar-refractivity contribution in [2.24, 2.45) is 0 Å². The van der Waals surface area contributed by atoms with Crippen LogP contribution < -0.4 is 4.74 Å². The average Bonchev–Trinajstić information content (AvgIpc) is 2.96. The summed E-state index contributed by atoms with van der Waals surface area (Å²) in [6.07, 6.45) is 1.57. The predicted octanol–water partition coefficient (Wildman–Crippen LogP) is 3.52. The van der Waals surface area contributed by atoms with Gasteiger partial charge in [-0.1, -0.05) is 12.1 Å². The molecule has 1 heterocycles. The molecule has 3 rings (SSSR count). The van der Waals surface area contributed by atoms with Crippen molar-refractivity contribution >= 4 is 40.5 Å². The number of hydrogen-bond acceptors (Lipinski definition) is 7. The van der Waals surface area contributed by atoms with E-state index >= 15 is 0 Å². The van der Waals surface area contributed by atoms with E-state index in [9.17, 15) is 24.5 Å². The van der Waals surface area contributed by atoms with Crippen molar-refractivity contribution in [1.82, 2.24) is 4.90 Å². The highest BCUT2D eigenvalue weighted by Gasteiger charge is 2.36. The monoisotopic (exact) mass is 398 g/mol. The number of amides is 2. The molecule has 0 bridgehead atoms. The summed E-state index contributed by atoms with van der Waals surface area (Å²) in [4.78, 5) is 48.2. The number of rotatable bonds is 6. The quantitative estimate of drug-likeness (QED) is 0.317. The van der Waals surface area contributed by atoms with Crippen LogP contribution in [-0.4, -0.2) is 40.4 Å². The van der Waals surface area contributed by atoms with E-state index in [1.54, 1.807) is 37.5 Å². The van der Waals surface area contributed by atoms with Crippen LogP contribution in [0.1, 0.15) is 15.9 Å². The van der Waals surface area contributed by atoms with E-state index in [1.807, 2.05) is 0 Å². The van der Waals surface area contributed by atoms with Gasteiger partial charge >= 0.3 is 0 Å². The average molecular weight is 398 g/mol. The van der Waals surface area contributed by atoms with E-state index in [4.69, 9.17) is 4.74 Å². The van der Waals surface area contributed by atoms with Crippen LogP contribution in [0.3, 0.4) is 0 Å². The summed E-state index contributed by atoms with van der Waals surface area (Å²) in [7, 11) is 1.54. The minimum absolute atomic E-state index is 0.148. The van der Waals surface area contributed by atoms with E-state index in [0.29, 0.717) is 11.3 Å². The zero-order valence-electron chi connectivity index (χ0n) is 14.7. The molecule has 0 saturated carbocycles. The molecule has 2 aromatic rings. The molecule has 142 valence electrons. The van der Waals surface area contributed by atoms with E-state index in [-0.39, 0.29) is 16.2 Å². The van der Waals surface area contributed by atoms with Gasteiger partial charge in [-0.05, 0) is 47.7 Å². The van der Waals surface area contributed by atoms with Gasteiger partial charge in [0.2, 0.25) is 0 Å². The number of imide groups is 1. The third kappa shape index (κ3) is 4.09. The smallest absolute Gasteiger partial charge is 0.293 e. The fourth-order valence-corrected chi connectivity index (χ4v) is 3.33. The zero-order valence-corrected chi connectivity index (χ0v) is 15.5. The molecule has 9 heteroatoms. The number of ether oxygens (including phenoxy) is 1. The number of non-ortho nitro benzene ring substituents is 1. The van der Waals surface area contributed by atoms with Crippen molar-refractivity contribution in [3.8, 4) is 5.75 Å². The molecular formula is C19H14N2O6S. The number of hydrogen-bond donors (Lipinski definition) is 0. The van der Waals surface area contributed by atoms with Gasteiger partial charge in [-0.25, -0.2) is 0 Å². The minimum atomic E-state index is -0.575. The summed E-state index contributed by atoms with van der Waals surface area (Å²) in [5, 5.41) is 10.1. The van der Waals surface area contributed by atoms with Crippen LogP contribution in [0.2, 0.25) is 0 Å².